The smallest absolute Gasteiger partial charge is 0.270 e. The Morgan fingerprint density at radius 3 is 2.84 bits per heavy atom. The van der Waals surface area contributed by atoms with Crippen molar-refractivity contribution in [1.82, 2.24) is 10.3 Å². The molecular weight excluding hydrogens is 238 g/mol. The molecule has 1 saturated carbocycles. The Kier molecular flexibility index (Phi) is 4.77. The van der Waals surface area contributed by atoms with Crippen LogP contribution >= 0.6 is 0 Å². The molecule has 1 atom stereocenters. The number of hydrogen-bond donors (Lipinski definition) is 2. The maximum atomic E-state index is 12.2. The van der Waals surface area contributed by atoms with Gasteiger partial charge in [-0.1, -0.05) is 26.2 Å². The zero-order valence-electron chi connectivity index (χ0n) is 11.6. The van der Waals surface area contributed by atoms with Crippen LogP contribution in [0.15, 0.2) is 18.3 Å². The summed E-state index contributed by atoms with van der Waals surface area (Å²) in [5, 5.41) is 3.12. The van der Waals surface area contributed by atoms with Crippen LogP contribution in [0.1, 0.15) is 55.9 Å². The lowest BCUT2D eigenvalue weighted by atomic mass is 9.83. The fourth-order valence-corrected chi connectivity index (χ4v) is 2.90. The van der Waals surface area contributed by atoms with Crippen molar-refractivity contribution >= 4 is 11.6 Å². The number of nitrogens with two attached hydrogens (primary N) is 1. The van der Waals surface area contributed by atoms with Gasteiger partial charge in [-0.2, -0.15) is 0 Å². The van der Waals surface area contributed by atoms with Crippen LogP contribution in [0.3, 0.4) is 0 Å². The Balaban J connectivity index is 1.99. The molecular formula is C15H23N3O. The number of anilines is 1. The number of nitrogens with one attached hydrogen (secondary N) is 1. The molecule has 1 unspecified atom stereocenters. The van der Waals surface area contributed by atoms with Crippen molar-refractivity contribution in [3.05, 3.63) is 24.0 Å². The lowest BCUT2D eigenvalue weighted by Crippen LogP contribution is -2.41. The van der Waals surface area contributed by atoms with Crippen molar-refractivity contribution in [1.29, 1.82) is 0 Å². The molecule has 4 nitrogen and oxygen atoms in total. The summed E-state index contributed by atoms with van der Waals surface area (Å²) in [4.78, 5) is 16.3. The third kappa shape index (κ3) is 3.69. The van der Waals surface area contributed by atoms with Crippen LogP contribution in [0.2, 0.25) is 0 Å². The van der Waals surface area contributed by atoms with E-state index in [2.05, 4.69) is 17.2 Å². The average Bonchev–Trinajstić information content (AvgIpc) is 2.45. The summed E-state index contributed by atoms with van der Waals surface area (Å²) in [5.41, 5.74) is 6.67. The predicted molar refractivity (Wildman–Crippen MR) is 76.8 cm³/mol. The highest BCUT2D eigenvalue weighted by Crippen LogP contribution is 2.27. The van der Waals surface area contributed by atoms with E-state index in [-0.39, 0.29) is 11.9 Å². The van der Waals surface area contributed by atoms with Gasteiger partial charge in [0.05, 0.1) is 0 Å². The van der Waals surface area contributed by atoms with Gasteiger partial charge in [0.15, 0.2) is 0 Å². The van der Waals surface area contributed by atoms with Crippen molar-refractivity contribution in [2.24, 2.45) is 5.92 Å². The summed E-state index contributed by atoms with van der Waals surface area (Å²) < 4.78 is 0. The van der Waals surface area contributed by atoms with Crippen LogP contribution in [0.4, 0.5) is 5.69 Å². The first-order valence-electron chi connectivity index (χ1n) is 7.23. The summed E-state index contributed by atoms with van der Waals surface area (Å²) in [6, 6.07) is 3.58. The lowest BCUT2D eigenvalue weighted by Gasteiger charge is -2.30. The van der Waals surface area contributed by atoms with Crippen LogP contribution in [0.5, 0.6) is 0 Å². The fourth-order valence-electron chi connectivity index (χ4n) is 2.90. The molecule has 0 aliphatic heterocycles. The van der Waals surface area contributed by atoms with E-state index in [1.54, 1.807) is 18.3 Å². The molecule has 2 rings (SSSR count). The van der Waals surface area contributed by atoms with Crippen molar-refractivity contribution in [2.75, 3.05) is 5.73 Å². The Labute approximate surface area is 114 Å². The number of rotatable bonds is 4. The molecule has 3 N–H and O–H groups in total. The van der Waals surface area contributed by atoms with Gasteiger partial charge in [-0.05, 0) is 37.3 Å². The Hall–Kier alpha value is -1.58. The van der Waals surface area contributed by atoms with E-state index in [4.69, 9.17) is 5.73 Å². The maximum absolute atomic E-state index is 12.2. The second kappa shape index (κ2) is 6.55. The van der Waals surface area contributed by atoms with Gasteiger partial charge in [0.25, 0.3) is 5.91 Å². The second-order valence-corrected chi connectivity index (χ2v) is 5.36. The van der Waals surface area contributed by atoms with Gasteiger partial charge in [0.2, 0.25) is 0 Å². The Bertz CT molecular complexity index is 427. The molecule has 4 heteroatoms. The molecule has 1 amide bonds. The van der Waals surface area contributed by atoms with E-state index in [1.165, 1.54) is 32.1 Å². The normalized spacial score (nSPS) is 17.9. The minimum Gasteiger partial charge on any atom is -0.399 e. The third-order valence-electron chi connectivity index (χ3n) is 3.99. The molecule has 0 bridgehead atoms. The summed E-state index contributed by atoms with van der Waals surface area (Å²) in [7, 11) is 0. The molecule has 1 fully saturated rings. The first-order chi connectivity index (χ1) is 9.20. The molecule has 1 heterocycles. The van der Waals surface area contributed by atoms with Crippen LogP contribution in [0, 0.1) is 5.92 Å². The third-order valence-corrected chi connectivity index (χ3v) is 3.99. The SMILES string of the molecule is CCC(NC(=O)c1cc(N)ccn1)C1CCCCC1. The molecule has 0 saturated heterocycles. The van der Waals surface area contributed by atoms with Gasteiger partial charge in [0.1, 0.15) is 5.69 Å². The largest absolute Gasteiger partial charge is 0.399 e. The summed E-state index contributed by atoms with van der Waals surface area (Å²) in [6.45, 7) is 2.13. The van der Waals surface area contributed by atoms with Gasteiger partial charge >= 0.3 is 0 Å². The number of aromatic nitrogens is 1. The molecule has 1 aliphatic rings. The van der Waals surface area contributed by atoms with E-state index in [0.29, 0.717) is 17.3 Å². The number of hydrogen-bond acceptors (Lipinski definition) is 3. The van der Waals surface area contributed by atoms with Crippen molar-refractivity contribution < 1.29 is 4.79 Å². The molecule has 0 radical (unpaired) electrons. The van der Waals surface area contributed by atoms with Gasteiger partial charge < -0.3 is 11.1 Å². The standard InChI is InChI=1S/C15H23N3O/c1-2-13(11-6-4-3-5-7-11)18-15(19)14-10-12(16)8-9-17-14/h8-11,13H,2-7H2,1H3,(H2,16,17)(H,18,19). The number of pyridine rings is 1. The Morgan fingerprint density at radius 1 is 1.47 bits per heavy atom. The monoisotopic (exact) mass is 261 g/mol. The van der Waals surface area contributed by atoms with E-state index >= 15 is 0 Å². The van der Waals surface area contributed by atoms with Gasteiger partial charge in [-0.25, -0.2) is 0 Å². The summed E-state index contributed by atoms with van der Waals surface area (Å²) in [5.74, 6) is 0.508. The van der Waals surface area contributed by atoms with Crippen LogP contribution in [-0.2, 0) is 0 Å². The first kappa shape index (κ1) is 13.8. The second-order valence-electron chi connectivity index (χ2n) is 5.36. The van der Waals surface area contributed by atoms with E-state index in [1.807, 2.05) is 0 Å². The molecule has 19 heavy (non-hydrogen) atoms. The topological polar surface area (TPSA) is 68.0 Å². The number of nitrogens with zero attached hydrogens (tertiary/aromatic N) is 1. The van der Waals surface area contributed by atoms with E-state index in [0.717, 1.165) is 6.42 Å². The summed E-state index contributed by atoms with van der Waals surface area (Å²) >= 11 is 0. The van der Waals surface area contributed by atoms with Gasteiger partial charge in [-0.15, -0.1) is 0 Å². The minimum atomic E-state index is -0.107. The van der Waals surface area contributed by atoms with E-state index < -0.39 is 0 Å². The van der Waals surface area contributed by atoms with Crippen LogP contribution < -0.4 is 11.1 Å². The highest BCUT2D eigenvalue weighted by atomic mass is 16.1. The zero-order valence-corrected chi connectivity index (χ0v) is 11.6. The molecule has 1 aromatic rings. The van der Waals surface area contributed by atoms with Crippen molar-refractivity contribution in [2.45, 2.75) is 51.5 Å². The summed E-state index contributed by atoms with van der Waals surface area (Å²) in [6.07, 6.45) is 8.90. The van der Waals surface area contributed by atoms with Crippen molar-refractivity contribution in [3.8, 4) is 0 Å². The zero-order chi connectivity index (χ0) is 13.7. The fraction of sp³-hybridized carbons (Fsp3) is 0.600. The molecule has 0 spiro atoms. The first-order valence-corrected chi connectivity index (χ1v) is 7.23. The highest BCUT2D eigenvalue weighted by Gasteiger charge is 2.24. The van der Waals surface area contributed by atoms with Crippen molar-refractivity contribution in [3.63, 3.8) is 0 Å². The van der Waals surface area contributed by atoms with Gasteiger partial charge in [-0.3, -0.25) is 9.78 Å². The number of carbonyl (C=O) groups is 1. The quantitative estimate of drug-likeness (QED) is 0.875. The highest BCUT2D eigenvalue weighted by molar-refractivity contribution is 5.93. The molecule has 0 aromatic carbocycles. The van der Waals surface area contributed by atoms with Gasteiger partial charge in [0, 0.05) is 17.9 Å². The molecule has 104 valence electrons. The van der Waals surface area contributed by atoms with E-state index in [9.17, 15) is 4.79 Å². The van der Waals surface area contributed by atoms with Crippen LogP contribution in [-0.4, -0.2) is 16.9 Å². The Morgan fingerprint density at radius 2 is 2.21 bits per heavy atom. The predicted octanol–water partition coefficient (Wildman–Crippen LogP) is 2.75. The number of carbonyl (C=O) groups excluding carboxylic acids is 1. The number of nitrogen functional groups attached to an aromatic ring is 1. The maximum Gasteiger partial charge on any atom is 0.270 e. The van der Waals surface area contributed by atoms with Crippen LogP contribution in [0.25, 0.3) is 0 Å². The lowest BCUT2D eigenvalue weighted by molar-refractivity contribution is 0.0906. The minimum absolute atomic E-state index is 0.107. The average molecular weight is 261 g/mol. The molecule has 1 aliphatic carbocycles. The molecule has 1 aromatic heterocycles. The number of amides is 1.